The van der Waals surface area contributed by atoms with Crippen LogP contribution >= 0.6 is 0 Å². The number of para-hydroxylation sites is 1. The summed E-state index contributed by atoms with van der Waals surface area (Å²) in [6, 6.07) is 15.3. The smallest absolute Gasteiger partial charge is 0.312 e. The van der Waals surface area contributed by atoms with Crippen LogP contribution in [-0.2, 0) is 19.1 Å². The molecular weight excluding hydrogens is 380 g/mol. The zero-order chi connectivity index (χ0) is 21.8. The summed E-state index contributed by atoms with van der Waals surface area (Å²) in [4.78, 5) is 39.3. The van der Waals surface area contributed by atoms with Crippen molar-refractivity contribution in [2.75, 3.05) is 11.9 Å². The Bertz CT molecular complexity index is 921. The van der Waals surface area contributed by atoms with E-state index in [0.29, 0.717) is 6.54 Å². The molecule has 0 aliphatic carbocycles. The molecule has 2 amide bonds. The molecule has 1 aliphatic rings. The average Bonchev–Trinajstić information content (AvgIpc) is 3.12. The Morgan fingerprint density at radius 2 is 1.67 bits per heavy atom. The standard InChI is InChI=1S/C24H28N2O4/c1-15-9-8-10-16(2)22(15)25-23(28)18(4)30-24(29)20-13-21(27)26(14-20)17(3)19-11-6-5-7-12-19/h5-12,17-18,20H,13-14H2,1-4H3,(H,25,28)/t17-,18-,20+/m0/s1. The first-order valence-corrected chi connectivity index (χ1v) is 10.2. The van der Waals surface area contributed by atoms with E-state index in [9.17, 15) is 14.4 Å². The summed E-state index contributed by atoms with van der Waals surface area (Å²) in [7, 11) is 0. The molecule has 1 aliphatic heterocycles. The second kappa shape index (κ2) is 9.11. The van der Waals surface area contributed by atoms with Crippen LogP contribution in [0, 0.1) is 19.8 Å². The van der Waals surface area contributed by atoms with Crippen LogP contribution < -0.4 is 5.32 Å². The molecule has 1 N–H and O–H groups in total. The van der Waals surface area contributed by atoms with E-state index in [1.807, 2.05) is 69.3 Å². The molecule has 1 heterocycles. The molecular formula is C24H28N2O4. The molecule has 3 rings (SSSR count). The summed E-state index contributed by atoms with van der Waals surface area (Å²) >= 11 is 0. The van der Waals surface area contributed by atoms with Gasteiger partial charge in [0.25, 0.3) is 5.91 Å². The van der Waals surface area contributed by atoms with Crippen LogP contribution in [0.25, 0.3) is 0 Å². The van der Waals surface area contributed by atoms with E-state index in [1.54, 1.807) is 11.8 Å². The van der Waals surface area contributed by atoms with Crippen molar-refractivity contribution in [2.45, 2.75) is 46.3 Å². The molecule has 0 spiro atoms. The van der Waals surface area contributed by atoms with E-state index in [-0.39, 0.29) is 24.3 Å². The number of aryl methyl sites for hydroxylation is 2. The minimum Gasteiger partial charge on any atom is -0.452 e. The molecule has 2 aromatic rings. The van der Waals surface area contributed by atoms with Gasteiger partial charge in [0.2, 0.25) is 5.91 Å². The van der Waals surface area contributed by atoms with E-state index >= 15 is 0 Å². The van der Waals surface area contributed by atoms with Gasteiger partial charge in [-0.3, -0.25) is 14.4 Å². The number of ether oxygens (including phenoxy) is 1. The molecule has 6 heteroatoms. The second-order valence-corrected chi connectivity index (χ2v) is 7.87. The second-order valence-electron chi connectivity index (χ2n) is 7.87. The summed E-state index contributed by atoms with van der Waals surface area (Å²) in [5.74, 6) is -1.56. The lowest BCUT2D eigenvalue weighted by atomic mass is 10.1. The molecule has 158 valence electrons. The van der Waals surface area contributed by atoms with Crippen molar-refractivity contribution in [1.29, 1.82) is 0 Å². The molecule has 0 unspecified atom stereocenters. The topological polar surface area (TPSA) is 75.7 Å². The van der Waals surface area contributed by atoms with Gasteiger partial charge in [-0.25, -0.2) is 0 Å². The number of anilines is 1. The highest BCUT2D eigenvalue weighted by molar-refractivity contribution is 5.97. The SMILES string of the molecule is Cc1cccc(C)c1NC(=O)[C@H](C)OC(=O)[C@@H]1CC(=O)N([C@@H](C)c2ccccc2)C1. The van der Waals surface area contributed by atoms with E-state index in [0.717, 1.165) is 22.4 Å². The highest BCUT2D eigenvalue weighted by atomic mass is 16.5. The van der Waals surface area contributed by atoms with Gasteiger partial charge in [0, 0.05) is 18.7 Å². The molecule has 1 fully saturated rings. The van der Waals surface area contributed by atoms with Crippen LogP contribution in [0.15, 0.2) is 48.5 Å². The van der Waals surface area contributed by atoms with E-state index in [2.05, 4.69) is 5.32 Å². The van der Waals surface area contributed by atoms with E-state index in [4.69, 9.17) is 4.74 Å². The predicted molar refractivity (Wildman–Crippen MR) is 115 cm³/mol. The maximum atomic E-state index is 12.6. The van der Waals surface area contributed by atoms with Crippen molar-refractivity contribution in [3.63, 3.8) is 0 Å². The van der Waals surface area contributed by atoms with Crippen LogP contribution in [0.1, 0.15) is 43.0 Å². The Morgan fingerprint density at radius 3 is 2.30 bits per heavy atom. The Balaban J connectivity index is 1.59. The Labute approximate surface area is 177 Å². The summed E-state index contributed by atoms with van der Waals surface area (Å²) < 4.78 is 5.40. The molecule has 0 bridgehead atoms. The fourth-order valence-electron chi connectivity index (χ4n) is 3.74. The third-order valence-electron chi connectivity index (χ3n) is 5.63. The maximum Gasteiger partial charge on any atom is 0.312 e. The quantitative estimate of drug-likeness (QED) is 0.738. The zero-order valence-electron chi connectivity index (χ0n) is 17.8. The third-order valence-corrected chi connectivity index (χ3v) is 5.63. The van der Waals surface area contributed by atoms with Crippen molar-refractivity contribution in [3.8, 4) is 0 Å². The Hall–Kier alpha value is -3.15. The number of hydrogen-bond acceptors (Lipinski definition) is 4. The van der Waals surface area contributed by atoms with Gasteiger partial charge in [0.05, 0.1) is 12.0 Å². The summed E-state index contributed by atoms with van der Waals surface area (Å²) in [6.07, 6.45) is -0.853. The fourth-order valence-corrected chi connectivity index (χ4v) is 3.74. The van der Waals surface area contributed by atoms with Gasteiger partial charge in [-0.1, -0.05) is 48.5 Å². The van der Waals surface area contributed by atoms with Gasteiger partial charge >= 0.3 is 5.97 Å². The van der Waals surface area contributed by atoms with Gasteiger partial charge in [-0.15, -0.1) is 0 Å². The van der Waals surface area contributed by atoms with Crippen molar-refractivity contribution >= 4 is 23.5 Å². The molecule has 0 aromatic heterocycles. The molecule has 0 radical (unpaired) electrons. The monoisotopic (exact) mass is 408 g/mol. The lowest BCUT2D eigenvalue weighted by Crippen LogP contribution is -2.34. The largest absolute Gasteiger partial charge is 0.452 e. The highest BCUT2D eigenvalue weighted by Crippen LogP contribution is 2.29. The minimum absolute atomic E-state index is 0.0825. The average molecular weight is 408 g/mol. The normalized spacial score (nSPS) is 18.1. The van der Waals surface area contributed by atoms with Crippen molar-refractivity contribution in [1.82, 2.24) is 4.90 Å². The van der Waals surface area contributed by atoms with Crippen molar-refractivity contribution < 1.29 is 19.1 Å². The van der Waals surface area contributed by atoms with Gasteiger partial charge in [0.1, 0.15) is 0 Å². The number of carbonyl (C=O) groups excluding carboxylic acids is 3. The zero-order valence-corrected chi connectivity index (χ0v) is 17.8. The minimum atomic E-state index is -0.952. The first-order chi connectivity index (χ1) is 14.3. The molecule has 1 saturated heterocycles. The lowest BCUT2D eigenvalue weighted by molar-refractivity contribution is -0.157. The number of amides is 2. The number of nitrogens with zero attached hydrogens (tertiary/aromatic N) is 1. The number of benzene rings is 2. The number of hydrogen-bond donors (Lipinski definition) is 1. The van der Waals surface area contributed by atoms with Gasteiger partial charge in [-0.05, 0) is 44.4 Å². The maximum absolute atomic E-state index is 12.6. The third kappa shape index (κ3) is 4.70. The first kappa shape index (κ1) is 21.6. The number of rotatable bonds is 6. The molecule has 6 nitrogen and oxygen atoms in total. The Kier molecular flexibility index (Phi) is 6.55. The van der Waals surface area contributed by atoms with Crippen molar-refractivity contribution in [2.24, 2.45) is 5.92 Å². The first-order valence-electron chi connectivity index (χ1n) is 10.2. The van der Waals surface area contributed by atoms with Crippen LogP contribution in [-0.4, -0.2) is 35.3 Å². The van der Waals surface area contributed by atoms with Crippen LogP contribution in [0.2, 0.25) is 0 Å². The summed E-state index contributed by atoms with van der Waals surface area (Å²) in [6.45, 7) is 7.60. The number of carbonyl (C=O) groups is 3. The van der Waals surface area contributed by atoms with E-state index < -0.39 is 18.0 Å². The van der Waals surface area contributed by atoms with Gasteiger partial charge in [0.15, 0.2) is 6.10 Å². The molecule has 2 aromatic carbocycles. The highest BCUT2D eigenvalue weighted by Gasteiger charge is 2.38. The number of nitrogens with one attached hydrogen (secondary N) is 1. The Morgan fingerprint density at radius 1 is 1.03 bits per heavy atom. The van der Waals surface area contributed by atoms with Gasteiger partial charge in [-0.2, -0.15) is 0 Å². The van der Waals surface area contributed by atoms with Crippen LogP contribution in [0.3, 0.4) is 0 Å². The van der Waals surface area contributed by atoms with Gasteiger partial charge < -0.3 is 15.0 Å². The molecule has 30 heavy (non-hydrogen) atoms. The molecule has 3 atom stereocenters. The summed E-state index contributed by atoms with van der Waals surface area (Å²) in [5, 5.41) is 2.84. The number of esters is 1. The fraction of sp³-hybridized carbons (Fsp3) is 0.375. The van der Waals surface area contributed by atoms with Crippen LogP contribution in [0.4, 0.5) is 5.69 Å². The predicted octanol–water partition coefficient (Wildman–Crippen LogP) is 3.78. The molecule has 0 saturated carbocycles. The number of likely N-dealkylation sites (tertiary alicyclic amines) is 1. The summed E-state index contributed by atoms with van der Waals surface area (Å²) in [5.41, 5.74) is 3.62. The lowest BCUT2D eigenvalue weighted by Gasteiger charge is -2.25. The van der Waals surface area contributed by atoms with E-state index in [1.165, 1.54) is 0 Å². The van der Waals surface area contributed by atoms with Crippen LogP contribution in [0.5, 0.6) is 0 Å². The van der Waals surface area contributed by atoms with Crippen molar-refractivity contribution in [3.05, 3.63) is 65.2 Å².